The van der Waals surface area contributed by atoms with E-state index in [1.165, 1.54) is 0 Å². The van der Waals surface area contributed by atoms with Gasteiger partial charge in [-0.15, -0.1) is 0 Å². The maximum atomic E-state index is 9.34. The van der Waals surface area contributed by atoms with Crippen molar-refractivity contribution in [2.75, 3.05) is 0 Å². The fourth-order valence-corrected chi connectivity index (χ4v) is 4.98. The quantitative estimate of drug-likeness (QED) is 0.220. The van der Waals surface area contributed by atoms with Crippen LogP contribution in [0.25, 0.3) is 67.5 Å². The summed E-state index contributed by atoms with van der Waals surface area (Å²) >= 11 is 0. The molecule has 0 fully saturated rings. The fraction of sp³-hybridized carbons (Fsp3) is 0. The molecule has 2 aromatic heterocycles. The maximum absolute atomic E-state index is 9.34. The summed E-state index contributed by atoms with van der Waals surface area (Å²) in [4.78, 5) is 20.1. The molecule has 0 atom stereocenters. The van der Waals surface area contributed by atoms with Crippen molar-refractivity contribution < 1.29 is 0 Å². The lowest BCUT2D eigenvalue weighted by atomic mass is 10.0. The van der Waals surface area contributed by atoms with E-state index in [2.05, 4.69) is 42.5 Å². The highest BCUT2D eigenvalue weighted by Crippen LogP contribution is 2.34. The van der Waals surface area contributed by atoms with Crippen LogP contribution in [-0.2, 0) is 0 Å². The first-order valence-corrected chi connectivity index (χ1v) is 13.6. The molecule has 0 saturated heterocycles. The molecule has 7 rings (SSSR count). The first kappa shape index (κ1) is 25.0. The standard InChI is InChI=1S/C37H23N5/c38-24-25-15-17-29(18-16-25)35-36(40-32-14-8-7-13-31(32)39-35)34-23-33(28-11-5-2-6-12-28)41-37(42-34)30-21-19-27(20-22-30)26-9-3-1-4-10-26/h1-23H. The first-order valence-electron chi connectivity index (χ1n) is 13.6. The van der Waals surface area contributed by atoms with Crippen LogP contribution < -0.4 is 0 Å². The van der Waals surface area contributed by atoms with Gasteiger partial charge in [0.05, 0.1) is 39.7 Å². The number of hydrogen-bond donors (Lipinski definition) is 0. The van der Waals surface area contributed by atoms with Crippen molar-refractivity contribution in [2.45, 2.75) is 0 Å². The van der Waals surface area contributed by atoms with Gasteiger partial charge in [0.1, 0.15) is 5.69 Å². The minimum atomic E-state index is 0.587. The molecule has 5 nitrogen and oxygen atoms in total. The Bertz CT molecular complexity index is 2060. The summed E-state index contributed by atoms with van der Waals surface area (Å²) in [5, 5.41) is 9.34. The molecule has 2 heterocycles. The van der Waals surface area contributed by atoms with E-state index in [4.69, 9.17) is 19.9 Å². The van der Waals surface area contributed by atoms with E-state index < -0.39 is 0 Å². The molecule has 0 spiro atoms. The number of rotatable bonds is 5. The van der Waals surface area contributed by atoms with Crippen molar-refractivity contribution in [3.8, 4) is 62.5 Å². The summed E-state index contributed by atoms with van der Waals surface area (Å²) in [7, 11) is 0. The Morgan fingerprint density at radius 1 is 0.405 bits per heavy atom. The molecule has 0 unspecified atom stereocenters. The molecule has 42 heavy (non-hydrogen) atoms. The number of benzene rings is 5. The van der Waals surface area contributed by atoms with Crippen LogP contribution in [0.3, 0.4) is 0 Å². The van der Waals surface area contributed by atoms with Crippen molar-refractivity contribution in [3.05, 3.63) is 145 Å². The van der Waals surface area contributed by atoms with Crippen LogP contribution in [0.4, 0.5) is 0 Å². The monoisotopic (exact) mass is 537 g/mol. The lowest BCUT2D eigenvalue weighted by molar-refractivity contribution is 1.16. The minimum absolute atomic E-state index is 0.587. The van der Waals surface area contributed by atoms with E-state index in [0.717, 1.165) is 44.5 Å². The average molecular weight is 538 g/mol. The number of hydrogen-bond acceptors (Lipinski definition) is 5. The second kappa shape index (κ2) is 10.9. The van der Waals surface area contributed by atoms with Crippen molar-refractivity contribution in [3.63, 3.8) is 0 Å². The molecular weight excluding hydrogens is 514 g/mol. The molecule has 0 aliphatic rings. The summed E-state index contributed by atoms with van der Waals surface area (Å²) < 4.78 is 0. The molecule has 196 valence electrons. The predicted octanol–water partition coefficient (Wildman–Crippen LogP) is 8.63. The van der Waals surface area contributed by atoms with Gasteiger partial charge in [-0.3, -0.25) is 0 Å². The topological polar surface area (TPSA) is 75.3 Å². The summed E-state index contributed by atoms with van der Waals surface area (Å²) in [6.07, 6.45) is 0. The molecule has 7 aromatic rings. The van der Waals surface area contributed by atoms with E-state index in [9.17, 15) is 5.26 Å². The molecule has 0 bridgehead atoms. The average Bonchev–Trinajstić information content (AvgIpc) is 3.08. The molecule has 0 aliphatic heterocycles. The Hall–Kier alpha value is -5.99. The van der Waals surface area contributed by atoms with E-state index in [0.29, 0.717) is 28.5 Å². The lowest BCUT2D eigenvalue weighted by Gasteiger charge is -2.13. The Labute approximate surface area is 243 Å². The lowest BCUT2D eigenvalue weighted by Crippen LogP contribution is -2.00. The molecule has 0 amide bonds. The highest BCUT2D eigenvalue weighted by molar-refractivity contribution is 5.86. The van der Waals surface area contributed by atoms with Crippen LogP contribution in [0.5, 0.6) is 0 Å². The molecule has 0 N–H and O–H groups in total. The zero-order chi connectivity index (χ0) is 28.3. The van der Waals surface area contributed by atoms with Gasteiger partial charge in [-0.25, -0.2) is 19.9 Å². The van der Waals surface area contributed by atoms with Crippen molar-refractivity contribution in [1.29, 1.82) is 5.26 Å². The van der Waals surface area contributed by atoms with Gasteiger partial charge in [0, 0.05) is 16.7 Å². The number of fused-ring (bicyclic) bond motifs is 1. The highest BCUT2D eigenvalue weighted by atomic mass is 14.9. The summed E-state index contributed by atoms with van der Waals surface area (Å²) in [5.74, 6) is 0.603. The molecule has 5 heteroatoms. The van der Waals surface area contributed by atoms with Gasteiger partial charge in [0.25, 0.3) is 0 Å². The van der Waals surface area contributed by atoms with Gasteiger partial charge in [0.15, 0.2) is 5.82 Å². The van der Waals surface area contributed by atoms with Crippen molar-refractivity contribution >= 4 is 11.0 Å². The number of nitrogens with zero attached hydrogens (tertiary/aromatic N) is 5. The zero-order valence-corrected chi connectivity index (χ0v) is 22.5. The summed E-state index contributed by atoms with van der Waals surface area (Å²) in [5.41, 5.74) is 9.99. The van der Waals surface area contributed by atoms with Gasteiger partial charge < -0.3 is 0 Å². The van der Waals surface area contributed by atoms with E-state index in [1.54, 1.807) is 12.1 Å². The first-order chi connectivity index (χ1) is 20.7. The Morgan fingerprint density at radius 2 is 0.905 bits per heavy atom. The van der Waals surface area contributed by atoms with Crippen LogP contribution in [0.15, 0.2) is 140 Å². The van der Waals surface area contributed by atoms with Gasteiger partial charge in [-0.2, -0.15) is 5.26 Å². The van der Waals surface area contributed by atoms with Crippen LogP contribution in [0.1, 0.15) is 5.56 Å². The SMILES string of the molecule is N#Cc1ccc(-c2nc3ccccc3nc2-c2cc(-c3ccccc3)nc(-c3ccc(-c4ccccc4)cc3)n2)cc1. The Balaban J connectivity index is 1.43. The normalized spacial score (nSPS) is 10.8. The summed E-state index contributed by atoms with van der Waals surface area (Å²) in [6.45, 7) is 0. The third-order valence-corrected chi connectivity index (χ3v) is 7.15. The molecular formula is C37H23N5. The third kappa shape index (κ3) is 4.90. The zero-order valence-electron chi connectivity index (χ0n) is 22.5. The Kier molecular flexibility index (Phi) is 6.48. The molecule has 0 saturated carbocycles. The minimum Gasteiger partial charge on any atom is -0.244 e. The fourth-order valence-electron chi connectivity index (χ4n) is 4.98. The number of para-hydroxylation sites is 2. The van der Waals surface area contributed by atoms with E-state index in [-0.39, 0.29) is 0 Å². The summed E-state index contributed by atoms with van der Waals surface area (Å²) in [6, 6.07) is 48.1. The van der Waals surface area contributed by atoms with Crippen LogP contribution in [0, 0.1) is 11.3 Å². The van der Waals surface area contributed by atoms with Crippen LogP contribution in [-0.4, -0.2) is 19.9 Å². The van der Waals surface area contributed by atoms with E-state index in [1.807, 2.05) is 91.0 Å². The maximum Gasteiger partial charge on any atom is 0.160 e. The van der Waals surface area contributed by atoms with Crippen LogP contribution >= 0.6 is 0 Å². The molecule has 0 aliphatic carbocycles. The Morgan fingerprint density at radius 3 is 1.55 bits per heavy atom. The van der Waals surface area contributed by atoms with Gasteiger partial charge in [-0.05, 0) is 41.5 Å². The largest absolute Gasteiger partial charge is 0.244 e. The van der Waals surface area contributed by atoms with Gasteiger partial charge >= 0.3 is 0 Å². The van der Waals surface area contributed by atoms with E-state index >= 15 is 0 Å². The van der Waals surface area contributed by atoms with Gasteiger partial charge in [-0.1, -0.05) is 109 Å². The van der Waals surface area contributed by atoms with Crippen molar-refractivity contribution in [1.82, 2.24) is 19.9 Å². The van der Waals surface area contributed by atoms with Crippen molar-refractivity contribution in [2.24, 2.45) is 0 Å². The molecule has 5 aromatic carbocycles. The second-order valence-corrected chi connectivity index (χ2v) is 9.87. The van der Waals surface area contributed by atoms with Crippen LogP contribution in [0.2, 0.25) is 0 Å². The second-order valence-electron chi connectivity index (χ2n) is 9.87. The number of aromatic nitrogens is 4. The smallest absolute Gasteiger partial charge is 0.160 e. The predicted molar refractivity (Wildman–Crippen MR) is 167 cm³/mol. The number of nitriles is 1. The molecule has 0 radical (unpaired) electrons. The highest BCUT2D eigenvalue weighted by Gasteiger charge is 2.18. The third-order valence-electron chi connectivity index (χ3n) is 7.15. The van der Waals surface area contributed by atoms with Gasteiger partial charge in [0.2, 0.25) is 0 Å².